The summed E-state index contributed by atoms with van der Waals surface area (Å²) in [5.74, 6) is -0.466. The van der Waals surface area contributed by atoms with Gasteiger partial charge in [-0.15, -0.1) is 0 Å². The lowest BCUT2D eigenvalue weighted by molar-refractivity contribution is -0.147. The predicted octanol–water partition coefficient (Wildman–Crippen LogP) is 3.49. The fourth-order valence-electron chi connectivity index (χ4n) is 1.92. The number of ether oxygens (including phenoxy) is 1. The summed E-state index contributed by atoms with van der Waals surface area (Å²) in [6.07, 6.45) is 1.57. The Morgan fingerprint density at radius 1 is 1.15 bits per heavy atom. The van der Waals surface area contributed by atoms with Gasteiger partial charge >= 0.3 is 5.97 Å². The van der Waals surface area contributed by atoms with E-state index in [-0.39, 0.29) is 17.7 Å². The van der Waals surface area contributed by atoms with Gasteiger partial charge in [0.15, 0.2) is 5.78 Å². The molecule has 0 unspecified atom stereocenters. The topological polar surface area (TPSA) is 43.4 Å². The van der Waals surface area contributed by atoms with Crippen molar-refractivity contribution in [2.45, 2.75) is 27.7 Å². The summed E-state index contributed by atoms with van der Waals surface area (Å²) >= 11 is 0. The zero-order valence-corrected chi connectivity index (χ0v) is 12.8. The monoisotopic (exact) mass is 274 g/mol. The predicted molar refractivity (Wildman–Crippen MR) is 80.1 cm³/mol. The van der Waals surface area contributed by atoms with Crippen LogP contribution < -0.4 is 0 Å². The minimum absolute atomic E-state index is 0.000770. The van der Waals surface area contributed by atoms with Crippen molar-refractivity contribution in [3.63, 3.8) is 0 Å². The number of hydrogen-bond acceptors (Lipinski definition) is 3. The van der Waals surface area contributed by atoms with Gasteiger partial charge in [0.25, 0.3) is 0 Å². The van der Waals surface area contributed by atoms with Gasteiger partial charge in [0.2, 0.25) is 0 Å². The van der Waals surface area contributed by atoms with Crippen LogP contribution in [-0.4, -0.2) is 18.9 Å². The standard InChI is InChI=1S/C17H22O3/c1-12(2)15(18)11-14(13-9-7-6-8-10-13)17(3,4)16(19)20-5/h6-12H,1-5H3/b14-11+. The van der Waals surface area contributed by atoms with Gasteiger partial charge in [0.05, 0.1) is 12.5 Å². The highest BCUT2D eigenvalue weighted by Crippen LogP contribution is 2.36. The summed E-state index contributed by atoms with van der Waals surface area (Å²) in [4.78, 5) is 24.1. The van der Waals surface area contributed by atoms with Gasteiger partial charge in [-0.2, -0.15) is 0 Å². The van der Waals surface area contributed by atoms with Crippen LogP contribution in [0.5, 0.6) is 0 Å². The van der Waals surface area contributed by atoms with Crippen molar-refractivity contribution >= 4 is 17.3 Å². The van der Waals surface area contributed by atoms with Crippen LogP contribution in [0.1, 0.15) is 33.3 Å². The maximum Gasteiger partial charge on any atom is 0.315 e. The minimum Gasteiger partial charge on any atom is -0.468 e. The summed E-state index contributed by atoms with van der Waals surface area (Å²) in [6, 6.07) is 9.46. The van der Waals surface area contributed by atoms with Gasteiger partial charge < -0.3 is 4.74 Å². The molecular weight excluding hydrogens is 252 g/mol. The molecule has 0 amide bonds. The number of carbonyl (C=O) groups is 2. The SMILES string of the molecule is COC(=O)C(C)(C)/C(=C/C(=O)C(C)C)c1ccccc1. The van der Waals surface area contributed by atoms with Crippen LogP contribution >= 0.6 is 0 Å². The van der Waals surface area contributed by atoms with E-state index in [0.717, 1.165) is 5.56 Å². The van der Waals surface area contributed by atoms with Crippen molar-refractivity contribution < 1.29 is 14.3 Å². The molecule has 3 nitrogen and oxygen atoms in total. The van der Waals surface area contributed by atoms with Crippen molar-refractivity contribution in [1.29, 1.82) is 0 Å². The third kappa shape index (κ3) is 3.56. The number of allylic oxidation sites excluding steroid dienone is 1. The highest BCUT2D eigenvalue weighted by Gasteiger charge is 2.34. The van der Waals surface area contributed by atoms with E-state index in [1.165, 1.54) is 7.11 Å². The zero-order valence-electron chi connectivity index (χ0n) is 12.8. The van der Waals surface area contributed by atoms with Crippen molar-refractivity contribution in [3.8, 4) is 0 Å². The molecule has 0 saturated heterocycles. The van der Waals surface area contributed by atoms with Gasteiger partial charge in [-0.05, 0) is 31.1 Å². The summed E-state index contributed by atoms with van der Waals surface area (Å²) < 4.78 is 4.87. The van der Waals surface area contributed by atoms with Crippen molar-refractivity contribution in [2.24, 2.45) is 11.3 Å². The third-order valence-corrected chi connectivity index (χ3v) is 3.31. The molecule has 20 heavy (non-hydrogen) atoms. The molecule has 0 fully saturated rings. The summed E-state index contributed by atoms with van der Waals surface area (Å²) in [5.41, 5.74) is 0.668. The molecular formula is C17H22O3. The number of methoxy groups -OCH3 is 1. The molecule has 1 aromatic rings. The number of ketones is 1. The van der Waals surface area contributed by atoms with E-state index >= 15 is 0 Å². The molecule has 1 aromatic carbocycles. The lowest BCUT2D eigenvalue weighted by atomic mass is 9.79. The van der Waals surface area contributed by atoms with E-state index < -0.39 is 5.41 Å². The highest BCUT2D eigenvalue weighted by atomic mass is 16.5. The van der Waals surface area contributed by atoms with Crippen LogP contribution in [0.2, 0.25) is 0 Å². The maximum absolute atomic E-state index is 12.1. The second-order valence-corrected chi connectivity index (χ2v) is 5.60. The number of rotatable bonds is 5. The van der Waals surface area contributed by atoms with E-state index in [1.807, 2.05) is 44.2 Å². The fraction of sp³-hybridized carbons (Fsp3) is 0.412. The third-order valence-electron chi connectivity index (χ3n) is 3.31. The molecule has 0 bridgehead atoms. The van der Waals surface area contributed by atoms with E-state index in [0.29, 0.717) is 5.57 Å². The number of hydrogen-bond donors (Lipinski definition) is 0. The van der Waals surface area contributed by atoms with Gasteiger partial charge in [-0.1, -0.05) is 44.2 Å². The number of benzene rings is 1. The molecule has 0 aromatic heterocycles. The molecule has 0 aliphatic heterocycles. The molecule has 108 valence electrons. The van der Waals surface area contributed by atoms with Crippen LogP contribution in [0.25, 0.3) is 5.57 Å². The van der Waals surface area contributed by atoms with Gasteiger partial charge in [0.1, 0.15) is 0 Å². The van der Waals surface area contributed by atoms with Crippen LogP contribution in [0, 0.1) is 11.3 Å². The second-order valence-electron chi connectivity index (χ2n) is 5.60. The van der Waals surface area contributed by atoms with Crippen molar-refractivity contribution in [3.05, 3.63) is 42.0 Å². The normalized spacial score (nSPS) is 12.4. The molecule has 0 spiro atoms. The van der Waals surface area contributed by atoms with Gasteiger partial charge in [-0.3, -0.25) is 9.59 Å². The highest BCUT2D eigenvalue weighted by molar-refractivity contribution is 6.03. The first kappa shape index (κ1) is 16.2. The Morgan fingerprint density at radius 3 is 2.15 bits per heavy atom. The molecule has 3 heteroatoms. The fourth-order valence-corrected chi connectivity index (χ4v) is 1.92. The van der Waals surface area contributed by atoms with Crippen LogP contribution in [0.3, 0.4) is 0 Å². The lowest BCUT2D eigenvalue weighted by Crippen LogP contribution is -2.28. The minimum atomic E-state index is -0.874. The Bertz CT molecular complexity index is 510. The van der Waals surface area contributed by atoms with Crippen LogP contribution in [0.15, 0.2) is 36.4 Å². The Balaban J connectivity index is 3.36. The van der Waals surface area contributed by atoms with Crippen molar-refractivity contribution in [1.82, 2.24) is 0 Å². The first-order valence-corrected chi connectivity index (χ1v) is 6.70. The lowest BCUT2D eigenvalue weighted by Gasteiger charge is -2.25. The molecule has 0 atom stereocenters. The summed E-state index contributed by atoms with van der Waals surface area (Å²) in [5, 5.41) is 0. The van der Waals surface area contributed by atoms with Gasteiger partial charge in [-0.25, -0.2) is 0 Å². The molecule has 0 N–H and O–H groups in total. The summed E-state index contributed by atoms with van der Waals surface area (Å²) in [6.45, 7) is 7.22. The first-order valence-electron chi connectivity index (χ1n) is 6.70. The molecule has 0 radical (unpaired) electrons. The van der Waals surface area contributed by atoms with E-state index in [4.69, 9.17) is 4.74 Å². The zero-order chi connectivity index (χ0) is 15.3. The van der Waals surface area contributed by atoms with Crippen molar-refractivity contribution in [2.75, 3.05) is 7.11 Å². The quantitative estimate of drug-likeness (QED) is 0.609. The molecule has 0 aliphatic rings. The average Bonchev–Trinajstić information content (AvgIpc) is 2.43. The van der Waals surface area contributed by atoms with Gasteiger partial charge in [0, 0.05) is 5.92 Å². The molecule has 1 rings (SSSR count). The largest absolute Gasteiger partial charge is 0.468 e. The summed E-state index contributed by atoms with van der Waals surface area (Å²) in [7, 11) is 1.36. The molecule has 0 saturated carbocycles. The molecule has 0 heterocycles. The van der Waals surface area contributed by atoms with E-state index in [9.17, 15) is 9.59 Å². The van der Waals surface area contributed by atoms with E-state index in [2.05, 4.69) is 0 Å². The van der Waals surface area contributed by atoms with Crippen LogP contribution in [0.4, 0.5) is 0 Å². The van der Waals surface area contributed by atoms with Crippen LogP contribution in [-0.2, 0) is 14.3 Å². The first-order chi connectivity index (χ1) is 9.30. The molecule has 0 aliphatic carbocycles. The van der Waals surface area contributed by atoms with E-state index in [1.54, 1.807) is 19.9 Å². The average molecular weight is 274 g/mol. The number of carbonyl (C=O) groups excluding carboxylic acids is 2. The Kier molecular flexibility index (Phi) is 5.26. The Hall–Kier alpha value is -1.90. The Labute approximate surface area is 120 Å². The maximum atomic E-state index is 12.1. The smallest absolute Gasteiger partial charge is 0.315 e. The second kappa shape index (κ2) is 6.51. The Morgan fingerprint density at radius 2 is 1.70 bits per heavy atom. The number of esters is 1.